The number of rotatable bonds is 7. The van der Waals surface area contributed by atoms with Crippen molar-refractivity contribution in [1.82, 2.24) is 5.32 Å². The summed E-state index contributed by atoms with van der Waals surface area (Å²) < 4.78 is 1.17. The third-order valence-corrected chi connectivity index (χ3v) is 4.99. The molecule has 0 aliphatic rings. The van der Waals surface area contributed by atoms with E-state index in [1.807, 2.05) is 24.3 Å². The molecule has 1 atom stereocenters. The normalized spacial score (nSPS) is 12.5. The molecule has 4 heteroatoms. The highest BCUT2D eigenvalue weighted by atomic mass is 79.9. The fraction of sp³-hybridized carbons (Fsp3) is 0.438. The second-order valence-corrected chi connectivity index (χ2v) is 6.87. The Bertz CT molecular complexity index is 527. The second kappa shape index (κ2) is 7.79. The minimum atomic E-state index is 0.0573. The van der Waals surface area contributed by atoms with E-state index in [-0.39, 0.29) is 5.91 Å². The zero-order valence-electron chi connectivity index (χ0n) is 11.7. The Morgan fingerprint density at radius 3 is 2.85 bits per heavy atom. The van der Waals surface area contributed by atoms with Gasteiger partial charge in [-0.2, -0.15) is 0 Å². The number of hydrogen-bond acceptors (Lipinski definition) is 2. The van der Waals surface area contributed by atoms with Crippen molar-refractivity contribution >= 4 is 43.3 Å². The summed E-state index contributed by atoms with van der Waals surface area (Å²) in [5.74, 6) is 0.625. The maximum absolute atomic E-state index is 12.2. The SMILES string of the molecule is CCCC(CCBr)CNC(=O)c1cc2ccccc2s1. The molecule has 0 radical (unpaired) electrons. The molecule has 1 unspecified atom stereocenters. The maximum Gasteiger partial charge on any atom is 0.261 e. The summed E-state index contributed by atoms with van der Waals surface area (Å²) in [4.78, 5) is 13.0. The highest BCUT2D eigenvalue weighted by molar-refractivity contribution is 9.09. The fourth-order valence-electron chi connectivity index (χ4n) is 2.33. The van der Waals surface area contributed by atoms with Crippen LogP contribution in [0.25, 0.3) is 10.1 Å². The molecule has 0 aliphatic heterocycles. The van der Waals surface area contributed by atoms with Crippen LogP contribution in [0.1, 0.15) is 35.9 Å². The Kier molecular flexibility index (Phi) is 6.05. The number of carbonyl (C=O) groups is 1. The molecule has 0 spiro atoms. The van der Waals surface area contributed by atoms with Gasteiger partial charge in [0.2, 0.25) is 0 Å². The van der Waals surface area contributed by atoms with E-state index >= 15 is 0 Å². The summed E-state index contributed by atoms with van der Waals surface area (Å²) in [6.45, 7) is 2.96. The molecule has 1 N–H and O–H groups in total. The van der Waals surface area contributed by atoms with Crippen LogP contribution >= 0.6 is 27.3 Å². The molecule has 1 heterocycles. The van der Waals surface area contributed by atoms with Crippen LogP contribution in [0.15, 0.2) is 30.3 Å². The molecule has 1 amide bonds. The van der Waals surface area contributed by atoms with Gasteiger partial charge in [0.25, 0.3) is 5.91 Å². The standard InChI is InChI=1S/C16H20BrNOS/c1-2-5-12(8-9-17)11-18-16(19)15-10-13-6-3-4-7-14(13)20-15/h3-4,6-7,10,12H,2,5,8-9,11H2,1H3,(H,18,19). The number of amides is 1. The molecular weight excluding hydrogens is 334 g/mol. The predicted molar refractivity (Wildman–Crippen MR) is 91.0 cm³/mol. The van der Waals surface area contributed by atoms with Crippen LogP contribution in [0.3, 0.4) is 0 Å². The van der Waals surface area contributed by atoms with E-state index in [2.05, 4.69) is 34.2 Å². The van der Waals surface area contributed by atoms with Gasteiger partial charge >= 0.3 is 0 Å². The van der Waals surface area contributed by atoms with Gasteiger partial charge in [0.15, 0.2) is 0 Å². The number of nitrogens with one attached hydrogen (secondary N) is 1. The van der Waals surface area contributed by atoms with E-state index in [0.29, 0.717) is 5.92 Å². The van der Waals surface area contributed by atoms with Crippen molar-refractivity contribution in [2.75, 3.05) is 11.9 Å². The summed E-state index contributed by atoms with van der Waals surface area (Å²) in [6.07, 6.45) is 3.44. The van der Waals surface area contributed by atoms with Crippen LogP contribution in [-0.2, 0) is 0 Å². The summed E-state index contributed by atoms with van der Waals surface area (Å²) >= 11 is 5.05. The Morgan fingerprint density at radius 2 is 2.15 bits per heavy atom. The van der Waals surface area contributed by atoms with E-state index in [4.69, 9.17) is 0 Å². The third kappa shape index (κ3) is 4.06. The second-order valence-electron chi connectivity index (χ2n) is 4.99. The van der Waals surface area contributed by atoms with E-state index in [1.54, 1.807) is 11.3 Å². The molecule has 2 nitrogen and oxygen atoms in total. The minimum absolute atomic E-state index is 0.0573. The number of carbonyl (C=O) groups excluding carboxylic acids is 1. The van der Waals surface area contributed by atoms with Gasteiger partial charge in [-0.25, -0.2) is 0 Å². The molecule has 0 bridgehead atoms. The minimum Gasteiger partial charge on any atom is -0.351 e. The first-order valence-electron chi connectivity index (χ1n) is 7.07. The summed E-state index contributed by atoms with van der Waals surface area (Å²) in [7, 11) is 0. The lowest BCUT2D eigenvalue weighted by Crippen LogP contribution is -2.29. The van der Waals surface area contributed by atoms with E-state index in [1.165, 1.54) is 4.70 Å². The molecule has 0 fully saturated rings. The number of halogens is 1. The highest BCUT2D eigenvalue weighted by Gasteiger charge is 2.12. The lowest BCUT2D eigenvalue weighted by molar-refractivity contribution is 0.0950. The number of benzene rings is 1. The Morgan fingerprint density at radius 1 is 1.35 bits per heavy atom. The predicted octanol–water partition coefficient (Wildman–Crippen LogP) is 4.83. The molecule has 0 saturated heterocycles. The van der Waals surface area contributed by atoms with Gasteiger partial charge in [0, 0.05) is 16.6 Å². The molecular formula is C16H20BrNOS. The van der Waals surface area contributed by atoms with Crippen molar-refractivity contribution in [2.24, 2.45) is 5.92 Å². The van der Waals surface area contributed by atoms with Crippen LogP contribution in [0, 0.1) is 5.92 Å². The average molecular weight is 354 g/mol. The first-order chi connectivity index (χ1) is 9.74. The summed E-state index contributed by atoms with van der Waals surface area (Å²) in [6, 6.07) is 10.1. The number of fused-ring (bicyclic) bond motifs is 1. The summed E-state index contributed by atoms with van der Waals surface area (Å²) in [5.41, 5.74) is 0. The topological polar surface area (TPSA) is 29.1 Å². The van der Waals surface area contributed by atoms with Crippen molar-refractivity contribution in [1.29, 1.82) is 0 Å². The zero-order chi connectivity index (χ0) is 14.4. The van der Waals surface area contributed by atoms with Gasteiger partial charge in [-0.3, -0.25) is 4.79 Å². The molecule has 1 aromatic heterocycles. The number of alkyl halides is 1. The third-order valence-electron chi connectivity index (χ3n) is 3.41. The first kappa shape index (κ1) is 15.5. The molecule has 2 aromatic rings. The van der Waals surface area contributed by atoms with Crippen molar-refractivity contribution in [3.8, 4) is 0 Å². The Hall–Kier alpha value is -0.870. The van der Waals surface area contributed by atoms with Gasteiger partial charge < -0.3 is 5.32 Å². The molecule has 20 heavy (non-hydrogen) atoms. The van der Waals surface area contributed by atoms with Crippen LogP contribution < -0.4 is 5.32 Å². The monoisotopic (exact) mass is 353 g/mol. The first-order valence-corrected chi connectivity index (χ1v) is 9.01. The van der Waals surface area contributed by atoms with Gasteiger partial charge in [-0.05, 0) is 36.3 Å². The van der Waals surface area contributed by atoms with Crippen molar-refractivity contribution in [3.63, 3.8) is 0 Å². The van der Waals surface area contributed by atoms with Crippen molar-refractivity contribution in [3.05, 3.63) is 35.2 Å². The zero-order valence-corrected chi connectivity index (χ0v) is 14.1. The van der Waals surface area contributed by atoms with Crippen LogP contribution in [-0.4, -0.2) is 17.8 Å². The van der Waals surface area contributed by atoms with Crippen LogP contribution in [0.4, 0.5) is 0 Å². The molecule has 2 rings (SSSR count). The average Bonchev–Trinajstić information content (AvgIpc) is 2.89. The maximum atomic E-state index is 12.2. The van der Waals surface area contributed by atoms with Gasteiger partial charge in [-0.1, -0.05) is 47.5 Å². The summed E-state index contributed by atoms with van der Waals surface area (Å²) in [5, 5.41) is 5.22. The van der Waals surface area contributed by atoms with Crippen molar-refractivity contribution in [2.45, 2.75) is 26.2 Å². The van der Waals surface area contributed by atoms with Crippen LogP contribution in [0.2, 0.25) is 0 Å². The lowest BCUT2D eigenvalue weighted by atomic mass is 10.0. The Balaban J connectivity index is 1.97. The molecule has 1 aromatic carbocycles. The van der Waals surface area contributed by atoms with E-state index < -0.39 is 0 Å². The van der Waals surface area contributed by atoms with Gasteiger partial charge in [-0.15, -0.1) is 11.3 Å². The largest absolute Gasteiger partial charge is 0.351 e. The smallest absolute Gasteiger partial charge is 0.261 e. The van der Waals surface area contributed by atoms with Crippen molar-refractivity contribution < 1.29 is 4.79 Å². The van der Waals surface area contributed by atoms with Gasteiger partial charge in [0.05, 0.1) is 4.88 Å². The van der Waals surface area contributed by atoms with E-state index in [9.17, 15) is 4.79 Å². The van der Waals surface area contributed by atoms with Gasteiger partial charge in [0.1, 0.15) is 0 Å². The highest BCUT2D eigenvalue weighted by Crippen LogP contribution is 2.25. The lowest BCUT2D eigenvalue weighted by Gasteiger charge is -2.15. The molecule has 108 valence electrons. The molecule has 0 aliphatic carbocycles. The number of hydrogen-bond donors (Lipinski definition) is 1. The number of thiophene rings is 1. The van der Waals surface area contributed by atoms with E-state index in [0.717, 1.165) is 41.4 Å². The Labute approximate surface area is 132 Å². The fourth-order valence-corrected chi connectivity index (χ4v) is 3.96. The van der Waals surface area contributed by atoms with Crippen LogP contribution in [0.5, 0.6) is 0 Å². The quantitative estimate of drug-likeness (QED) is 0.709. The molecule has 0 saturated carbocycles.